The number of para-hydroxylation sites is 1. The summed E-state index contributed by atoms with van der Waals surface area (Å²) < 4.78 is 1.94. The number of anilines is 2. The minimum Gasteiger partial charge on any atom is -0.354 e. The van der Waals surface area contributed by atoms with Crippen LogP contribution in [0.2, 0.25) is 5.02 Å². The molecule has 176 valence electrons. The molecule has 1 aromatic heterocycles. The minimum atomic E-state index is -0.207. The van der Waals surface area contributed by atoms with Crippen LogP contribution in [0.25, 0.3) is 16.6 Å². The second-order valence-corrected chi connectivity index (χ2v) is 11.4. The van der Waals surface area contributed by atoms with Gasteiger partial charge in [-0.3, -0.25) is 4.79 Å². The standard InChI is InChI=1S/C30H28ClN3O/c31-26-14-22(30-15-19-11-20(16-30)13-21(12-19)17-30)5-10-27(26)33-23-6-8-24(9-7-23)34-18-32-29(35)25-3-1-2-4-28(25)34/h1-10,14,18-21,33H,11-13,15-17H2. The van der Waals surface area contributed by atoms with Crippen LogP contribution in [-0.2, 0) is 5.41 Å². The molecule has 0 amide bonds. The normalized spacial score (nSPS) is 26.8. The van der Waals surface area contributed by atoms with Crippen molar-refractivity contribution in [2.24, 2.45) is 17.8 Å². The monoisotopic (exact) mass is 481 g/mol. The van der Waals surface area contributed by atoms with Gasteiger partial charge in [-0.15, -0.1) is 0 Å². The Morgan fingerprint density at radius 1 is 0.886 bits per heavy atom. The highest BCUT2D eigenvalue weighted by Gasteiger charge is 2.51. The van der Waals surface area contributed by atoms with Crippen LogP contribution < -0.4 is 10.9 Å². The third kappa shape index (κ3) is 3.58. The molecule has 0 atom stereocenters. The van der Waals surface area contributed by atoms with E-state index in [1.165, 1.54) is 44.1 Å². The van der Waals surface area contributed by atoms with Gasteiger partial charge in [0, 0.05) is 11.4 Å². The van der Waals surface area contributed by atoms with Gasteiger partial charge in [-0.1, -0.05) is 29.8 Å². The van der Waals surface area contributed by atoms with Gasteiger partial charge in [0.15, 0.2) is 0 Å². The van der Waals surface area contributed by atoms with Gasteiger partial charge < -0.3 is 9.88 Å². The predicted molar refractivity (Wildman–Crippen MR) is 142 cm³/mol. The molecule has 4 bridgehead atoms. The van der Waals surface area contributed by atoms with Gasteiger partial charge in [0.05, 0.1) is 21.6 Å². The largest absolute Gasteiger partial charge is 0.354 e. The maximum Gasteiger partial charge on any atom is 0.280 e. The maximum absolute atomic E-state index is 12.1. The molecule has 0 aliphatic heterocycles. The Morgan fingerprint density at radius 2 is 1.57 bits per heavy atom. The molecule has 4 fully saturated rings. The highest BCUT2D eigenvalue weighted by molar-refractivity contribution is 6.33. The zero-order chi connectivity index (χ0) is 23.6. The Balaban J connectivity index is 1.14. The fraction of sp³-hybridized carbons (Fsp3) is 0.333. The van der Waals surface area contributed by atoms with Gasteiger partial charge in [0.2, 0.25) is 0 Å². The molecule has 4 aliphatic rings. The molecule has 0 saturated heterocycles. The van der Waals surface area contributed by atoms with Gasteiger partial charge >= 0.3 is 0 Å². The topological polar surface area (TPSA) is 46.9 Å². The smallest absolute Gasteiger partial charge is 0.280 e. The first kappa shape index (κ1) is 21.2. The van der Waals surface area contributed by atoms with Crippen molar-refractivity contribution in [3.8, 4) is 5.69 Å². The van der Waals surface area contributed by atoms with E-state index in [0.29, 0.717) is 10.8 Å². The van der Waals surface area contributed by atoms with Crippen molar-refractivity contribution in [3.63, 3.8) is 0 Å². The number of halogens is 1. The van der Waals surface area contributed by atoms with Crippen LogP contribution >= 0.6 is 11.6 Å². The second-order valence-electron chi connectivity index (χ2n) is 11.0. The molecule has 4 aromatic rings. The fourth-order valence-electron chi connectivity index (χ4n) is 7.58. The lowest BCUT2D eigenvalue weighted by Crippen LogP contribution is -2.48. The average molecular weight is 482 g/mol. The molecule has 3 aromatic carbocycles. The van der Waals surface area contributed by atoms with Crippen molar-refractivity contribution in [1.82, 2.24) is 9.55 Å². The van der Waals surface area contributed by atoms with Crippen LogP contribution in [0.4, 0.5) is 11.4 Å². The number of nitrogens with zero attached hydrogens (tertiary/aromatic N) is 2. The summed E-state index contributed by atoms with van der Waals surface area (Å²) in [6.45, 7) is 0. The molecule has 5 heteroatoms. The molecule has 4 aliphatic carbocycles. The van der Waals surface area contributed by atoms with Gasteiger partial charge in [0.25, 0.3) is 5.56 Å². The van der Waals surface area contributed by atoms with E-state index in [0.717, 1.165) is 45.4 Å². The number of hydrogen-bond donors (Lipinski definition) is 1. The van der Waals surface area contributed by atoms with Gasteiger partial charge in [-0.2, -0.15) is 4.98 Å². The van der Waals surface area contributed by atoms with Crippen LogP contribution in [0.1, 0.15) is 44.1 Å². The Labute approximate surface area is 210 Å². The van der Waals surface area contributed by atoms with Crippen molar-refractivity contribution in [2.45, 2.75) is 43.9 Å². The molecule has 8 rings (SSSR count). The molecule has 4 nitrogen and oxygen atoms in total. The summed E-state index contributed by atoms with van der Waals surface area (Å²) in [5.74, 6) is 2.77. The van der Waals surface area contributed by atoms with E-state index in [9.17, 15) is 4.79 Å². The first-order chi connectivity index (χ1) is 17.1. The summed E-state index contributed by atoms with van der Waals surface area (Å²) in [6.07, 6.45) is 9.98. The van der Waals surface area contributed by atoms with E-state index in [2.05, 4.69) is 28.5 Å². The van der Waals surface area contributed by atoms with Crippen LogP contribution in [-0.4, -0.2) is 9.55 Å². The minimum absolute atomic E-state index is 0.207. The third-order valence-corrected chi connectivity index (χ3v) is 9.04. The van der Waals surface area contributed by atoms with Crippen molar-refractivity contribution in [3.05, 3.63) is 94.0 Å². The quantitative estimate of drug-likeness (QED) is 0.334. The molecule has 0 radical (unpaired) electrons. The molecule has 4 saturated carbocycles. The Morgan fingerprint density at radius 3 is 2.26 bits per heavy atom. The van der Waals surface area contributed by atoms with Crippen molar-refractivity contribution in [2.75, 3.05) is 5.32 Å². The zero-order valence-electron chi connectivity index (χ0n) is 19.6. The summed E-state index contributed by atoms with van der Waals surface area (Å²) in [7, 11) is 0. The first-order valence-corrected chi connectivity index (χ1v) is 13.1. The van der Waals surface area contributed by atoms with Crippen molar-refractivity contribution in [1.29, 1.82) is 0 Å². The van der Waals surface area contributed by atoms with Crippen LogP contribution in [0.5, 0.6) is 0 Å². The summed E-state index contributed by atoms with van der Waals surface area (Å²) >= 11 is 6.82. The number of benzene rings is 3. The number of rotatable bonds is 4. The van der Waals surface area contributed by atoms with E-state index < -0.39 is 0 Å². The van der Waals surface area contributed by atoms with Gasteiger partial charge in [-0.25, -0.2) is 0 Å². The van der Waals surface area contributed by atoms with E-state index in [4.69, 9.17) is 11.6 Å². The summed E-state index contributed by atoms with van der Waals surface area (Å²) in [6, 6.07) is 22.4. The van der Waals surface area contributed by atoms with Crippen LogP contribution in [0.3, 0.4) is 0 Å². The van der Waals surface area contributed by atoms with Gasteiger partial charge in [0.1, 0.15) is 6.33 Å². The zero-order valence-corrected chi connectivity index (χ0v) is 20.3. The third-order valence-electron chi connectivity index (χ3n) is 8.73. The molecule has 35 heavy (non-hydrogen) atoms. The Hall–Kier alpha value is -3.11. The number of nitrogens with one attached hydrogen (secondary N) is 1. The summed E-state index contributed by atoms with van der Waals surface area (Å²) in [5.41, 5.74) is 5.28. The Kier molecular flexibility index (Phi) is 4.82. The summed E-state index contributed by atoms with van der Waals surface area (Å²) in [5, 5.41) is 4.90. The lowest BCUT2D eigenvalue weighted by molar-refractivity contribution is -0.00517. The first-order valence-electron chi connectivity index (χ1n) is 12.7. The van der Waals surface area contributed by atoms with Crippen molar-refractivity contribution < 1.29 is 0 Å². The number of fused-ring (bicyclic) bond motifs is 1. The van der Waals surface area contributed by atoms with E-state index in [1.807, 2.05) is 53.1 Å². The number of aromatic nitrogens is 2. The number of hydrogen-bond acceptors (Lipinski definition) is 3. The van der Waals surface area contributed by atoms with Gasteiger partial charge in [-0.05, 0) is 116 Å². The molecular formula is C30H28ClN3O. The summed E-state index contributed by atoms with van der Waals surface area (Å²) in [4.78, 5) is 16.1. The fourth-order valence-corrected chi connectivity index (χ4v) is 7.81. The highest BCUT2D eigenvalue weighted by Crippen LogP contribution is 2.61. The maximum atomic E-state index is 12.1. The molecule has 0 unspecified atom stereocenters. The van der Waals surface area contributed by atoms with E-state index >= 15 is 0 Å². The Bertz CT molecular complexity index is 1450. The average Bonchev–Trinajstić information content (AvgIpc) is 2.85. The lowest BCUT2D eigenvalue weighted by Gasteiger charge is -2.57. The lowest BCUT2D eigenvalue weighted by atomic mass is 9.48. The SMILES string of the molecule is O=c1ncn(-c2ccc(Nc3ccc(C45CC6CC(CC(C6)C4)C5)cc3Cl)cc2)c2ccccc12. The molecule has 1 N–H and O–H groups in total. The van der Waals surface area contributed by atoms with Crippen molar-refractivity contribution >= 4 is 33.9 Å². The molecular weight excluding hydrogens is 454 g/mol. The van der Waals surface area contributed by atoms with Crippen LogP contribution in [0, 0.1) is 17.8 Å². The highest BCUT2D eigenvalue weighted by atomic mass is 35.5. The van der Waals surface area contributed by atoms with E-state index in [1.54, 1.807) is 6.33 Å². The van der Waals surface area contributed by atoms with E-state index in [-0.39, 0.29) is 5.56 Å². The second kappa shape index (κ2) is 7.96. The van der Waals surface area contributed by atoms with Crippen LogP contribution in [0.15, 0.2) is 77.9 Å². The predicted octanol–water partition coefficient (Wildman–Crippen LogP) is 7.25. The molecule has 0 spiro atoms. The molecule has 1 heterocycles.